The van der Waals surface area contributed by atoms with Crippen LogP contribution in [0.25, 0.3) is 0 Å². The van der Waals surface area contributed by atoms with Gasteiger partial charge >= 0.3 is 6.09 Å². The minimum atomic E-state index is -0.452. The molecule has 2 aliphatic heterocycles. The van der Waals surface area contributed by atoms with E-state index in [1.54, 1.807) is 0 Å². The standard InChI is InChI=1S/C21H30N2O3/c1-15(13-23-14-17-7-5-6-8-18(17)19(23)24)16-9-11-22(12-10-16)20(25)26-21(2,3)4/h5-8,15-16H,9-14H2,1-4H3/t15-/m0/s1. The maximum absolute atomic E-state index is 12.5. The molecule has 2 amide bonds. The summed E-state index contributed by atoms with van der Waals surface area (Å²) >= 11 is 0. The number of carbonyl (C=O) groups is 2. The Labute approximate surface area is 156 Å². The molecule has 1 fully saturated rings. The molecule has 0 unspecified atom stereocenters. The molecule has 2 heterocycles. The van der Waals surface area contributed by atoms with Crippen LogP contribution in [0.1, 0.15) is 56.5 Å². The maximum atomic E-state index is 12.5. The van der Waals surface area contributed by atoms with Crippen LogP contribution in [0.5, 0.6) is 0 Å². The summed E-state index contributed by atoms with van der Waals surface area (Å²) in [6, 6.07) is 7.88. The predicted octanol–water partition coefficient (Wildman–Crippen LogP) is 3.93. The number of amides is 2. The third-order valence-electron chi connectivity index (χ3n) is 5.40. The average Bonchev–Trinajstić information content (AvgIpc) is 2.90. The van der Waals surface area contributed by atoms with Crippen molar-refractivity contribution in [2.45, 2.75) is 52.7 Å². The molecule has 0 spiro atoms. The van der Waals surface area contributed by atoms with Gasteiger partial charge in [0.25, 0.3) is 5.91 Å². The van der Waals surface area contributed by atoms with Gasteiger partial charge in [-0.05, 0) is 57.1 Å². The fraction of sp³-hybridized carbons (Fsp3) is 0.619. The highest BCUT2D eigenvalue weighted by atomic mass is 16.6. The molecule has 0 N–H and O–H groups in total. The number of ether oxygens (including phenoxy) is 1. The Hall–Kier alpha value is -2.04. The van der Waals surface area contributed by atoms with E-state index in [4.69, 9.17) is 4.74 Å². The average molecular weight is 358 g/mol. The van der Waals surface area contributed by atoms with Crippen LogP contribution < -0.4 is 0 Å². The van der Waals surface area contributed by atoms with E-state index >= 15 is 0 Å². The number of fused-ring (bicyclic) bond motifs is 1. The number of hydrogen-bond acceptors (Lipinski definition) is 3. The van der Waals surface area contributed by atoms with Crippen LogP contribution >= 0.6 is 0 Å². The molecule has 1 aromatic carbocycles. The Bertz CT molecular complexity index is 672. The second-order valence-corrected chi connectivity index (χ2v) is 8.62. The van der Waals surface area contributed by atoms with Gasteiger partial charge in [-0.15, -0.1) is 0 Å². The zero-order chi connectivity index (χ0) is 18.9. The summed E-state index contributed by atoms with van der Waals surface area (Å²) in [5, 5.41) is 0. The van der Waals surface area contributed by atoms with Crippen molar-refractivity contribution in [3.63, 3.8) is 0 Å². The minimum absolute atomic E-state index is 0.152. The summed E-state index contributed by atoms with van der Waals surface area (Å²) in [5.74, 6) is 1.11. The van der Waals surface area contributed by atoms with Crippen molar-refractivity contribution in [2.75, 3.05) is 19.6 Å². The monoisotopic (exact) mass is 358 g/mol. The van der Waals surface area contributed by atoms with Gasteiger partial charge in [-0.25, -0.2) is 4.79 Å². The molecule has 0 bridgehead atoms. The highest BCUT2D eigenvalue weighted by Gasteiger charge is 2.32. The van der Waals surface area contributed by atoms with Gasteiger partial charge in [0.15, 0.2) is 0 Å². The maximum Gasteiger partial charge on any atom is 0.410 e. The van der Waals surface area contributed by atoms with E-state index < -0.39 is 5.60 Å². The molecule has 5 heteroatoms. The molecule has 1 aromatic rings. The SMILES string of the molecule is C[C@@H](CN1Cc2ccccc2C1=O)C1CCN(C(=O)OC(C)(C)C)CC1. The summed E-state index contributed by atoms with van der Waals surface area (Å²) in [6.07, 6.45) is 1.72. The predicted molar refractivity (Wildman–Crippen MR) is 101 cm³/mol. The number of nitrogens with zero attached hydrogens (tertiary/aromatic N) is 2. The summed E-state index contributed by atoms with van der Waals surface area (Å²) < 4.78 is 5.46. The molecule has 26 heavy (non-hydrogen) atoms. The highest BCUT2D eigenvalue weighted by Crippen LogP contribution is 2.29. The first-order valence-corrected chi connectivity index (χ1v) is 9.59. The van der Waals surface area contributed by atoms with Gasteiger partial charge in [-0.3, -0.25) is 4.79 Å². The Morgan fingerprint density at radius 1 is 1.23 bits per heavy atom. The fourth-order valence-corrected chi connectivity index (χ4v) is 3.94. The smallest absolute Gasteiger partial charge is 0.410 e. The molecule has 3 rings (SSSR count). The van der Waals surface area contributed by atoms with Crippen LogP contribution in [0.4, 0.5) is 4.79 Å². The Morgan fingerprint density at radius 2 is 1.88 bits per heavy atom. The molecule has 5 nitrogen and oxygen atoms in total. The van der Waals surface area contributed by atoms with E-state index in [9.17, 15) is 9.59 Å². The van der Waals surface area contributed by atoms with Crippen molar-refractivity contribution in [1.29, 1.82) is 0 Å². The van der Waals surface area contributed by atoms with Crippen LogP contribution in [-0.2, 0) is 11.3 Å². The molecule has 1 atom stereocenters. The van der Waals surface area contributed by atoms with Gasteiger partial charge in [-0.1, -0.05) is 25.1 Å². The normalized spacial score (nSPS) is 19.5. The molecular formula is C21H30N2O3. The summed E-state index contributed by atoms with van der Waals surface area (Å²) in [7, 11) is 0. The quantitative estimate of drug-likeness (QED) is 0.823. The van der Waals surface area contributed by atoms with Crippen molar-refractivity contribution in [3.05, 3.63) is 35.4 Å². The fourth-order valence-electron chi connectivity index (χ4n) is 3.94. The van der Waals surface area contributed by atoms with Gasteiger partial charge in [0, 0.05) is 31.7 Å². The number of likely N-dealkylation sites (tertiary alicyclic amines) is 1. The Morgan fingerprint density at radius 3 is 2.50 bits per heavy atom. The lowest BCUT2D eigenvalue weighted by Crippen LogP contribution is -2.43. The summed E-state index contributed by atoms with van der Waals surface area (Å²) in [6.45, 7) is 10.9. The second-order valence-electron chi connectivity index (χ2n) is 8.62. The number of rotatable bonds is 3. The zero-order valence-corrected chi connectivity index (χ0v) is 16.3. The lowest BCUT2D eigenvalue weighted by atomic mass is 9.85. The van der Waals surface area contributed by atoms with Gasteiger partial charge in [0.2, 0.25) is 0 Å². The van der Waals surface area contributed by atoms with E-state index in [2.05, 4.69) is 6.92 Å². The molecule has 1 saturated heterocycles. The Kier molecular flexibility index (Phi) is 5.26. The van der Waals surface area contributed by atoms with Crippen LogP contribution in [-0.4, -0.2) is 47.0 Å². The Balaban J connectivity index is 1.50. The first kappa shape index (κ1) is 18.7. The summed E-state index contributed by atoms with van der Waals surface area (Å²) in [4.78, 5) is 28.5. The zero-order valence-electron chi connectivity index (χ0n) is 16.3. The third-order valence-corrected chi connectivity index (χ3v) is 5.40. The van der Waals surface area contributed by atoms with Gasteiger partial charge in [0.05, 0.1) is 0 Å². The molecule has 0 aromatic heterocycles. The second kappa shape index (κ2) is 7.29. The van der Waals surface area contributed by atoms with Crippen molar-refractivity contribution in [1.82, 2.24) is 9.80 Å². The van der Waals surface area contributed by atoms with E-state index in [0.717, 1.165) is 50.1 Å². The van der Waals surface area contributed by atoms with E-state index in [1.807, 2.05) is 54.8 Å². The van der Waals surface area contributed by atoms with E-state index in [-0.39, 0.29) is 12.0 Å². The first-order chi connectivity index (χ1) is 12.2. The number of piperidine rings is 1. The molecule has 2 aliphatic rings. The van der Waals surface area contributed by atoms with Crippen LogP contribution in [0.2, 0.25) is 0 Å². The van der Waals surface area contributed by atoms with Crippen molar-refractivity contribution >= 4 is 12.0 Å². The number of hydrogen-bond donors (Lipinski definition) is 0. The molecular weight excluding hydrogens is 328 g/mol. The minimum Gasteiger partial charge on any atom is -0.444 e. The lowest BCUT2D eigenvalue weighted by molar-refractivity contribution is 0.0155. The van der Waals surface area contributed by atoms with Crippen LogP contribution in [0.3, 0.4) is 0 Å². The molecule has 0 radical (unpaired) electrons. The van der Waals surface area contributed by atoms with Crippen molar-refractivity contribution < 1.29 is 14.3 Å². The molecule has 142 valence electrons. The highest BCUT2D eigenvalue weighted by molar-refractivity contribution is 5.98. The van der Waals surface area contributed by atoms with Gasteiger partial charge < -0.3 is 14.5 Å². The van der Waals surface area contributed by atoms with Gasteiger partial charge in [-0.2, -0.15) is 0 Å². The van der Waals surface area contributed by atoms with E-state index in [0.29, 0.717) is 11.8 Å². The largest absolute Gasteiger partial charge is 0.444 e. The number of benzene rings is 1. The summed E-state index contributed by atoms with van der Waals surface area (Å²) in [5.41, 5.74) is 1.52. The van der Waals surface area contributed by atoms with E-state index in [1.165, 1.54) is 0 Å². The van der Waals surface area contributed by atoms with Gasteiger partial charge in [0.1, 0.15) is 5.60 Å². The van der Waals surface area contributed by atoms with Crippen LogP contribution in [0.15, 0.2) is 24.3 Å². The lowest BCUT2D eigenvalue weighted by Gasteiger charge is -2.36. The van der Waals surface area contributed by atoms with Crippen LogP contribution in [0, 0.1) is 11.8 Å². The molecule has 0 aliphatic carbocycles. The van der Waals surface area contributed by atoms with Crippen molar-refractivity contribution in [3.8, 4) is 0 Å². The third kappa shape index (κ3) is 4.19. The first-order valence-electron chi connectivity index (χ1n) is 9.59. The number of carbonyl (C=O) groups excluding carboxylic acids is 2. The molecule has 0 saturated carbocycles. The topological polar surface area (TPSA) is 49.9 Å². The van der Waals surface area contributed by atoms with Crippen molar-refractivity contribution in [2.24, 2.45) is 11.8 Å².